The minimum Gasteiger partial charge on any atom is -0.300 e. The molecule has 0 unspecified atom stereocenters. The van der Waals surface area contributed by atoms with Crippen LogP contribution in [0.5, 0.6) is 0 Å². The lowest BCUT2D eigenvalue weighted by Crippen LogP contribution is -1.96. The number of benzene rings is 3. The summed E-state index contributed by atoms with van der Waals surface area (Å²) in [6.45, 7) is 2.18. The molecule has 152 valence electrons. The molecule has 5 heteroatoms. The number of hydrogen-bond donors (Lipinski definition) is 0. The average molecular weight is 426 g/mol. The lowest BCUT2D eigenvalue weighted by atomic mass is 10.1. The monoisotopic (exact) mass is 425 g/mol. The van der Waals surface area contributed by atoms with Crippen LogP contribution in [0.4, 0.5) is 4.39 Å². The predicted molar refractivity (Wildman–Crippen MR) is 125 cm³/mol. The number of hydrogen-bond acceptors (Lipinski definition) is 3. The Kier molecular flexibility index (Phi) is 5.26. The predicted octanol–water partition coefficient (Wildman–Crippen LogP) is 7.08. The zero-order valence-corrected chi connectivity index (χ0v) is 17.8. The minimum atomic E-state index is -0.276. The van der Waals surface area contributed by atoms with Gasteiger partial charge in [-0.25, -0.2) is 14.4 Å². The molecule has 0 N–H and O–H groups in total. The van der Waals surface area contributed by atoms with Crippen molar-refractivity contribution < 1.29 is 4.39 Å². The lowest BCUT2D eigenvalue weighted by Gasteiger charge is -2.12. The zero-order valence-electron chi connectivity index (χ0n) is 16.9. The Morgan fingerprint density at radius 3 is 2.35 bits per heavy atom. The fourth-order valence-corrected chi connectivity index (χ4v) is 4.80. The van der Waals surface area contributed by atoms with E-state index in [4.69, 9.17) is 0 Å². The highest BCUT2D eigenvalue weighted by Gasteiger charge is 2.19. The van der Waals surface area contributed by atoms with Gasteiger partial charge in [0, 0.05) is 22.7 Å². The van der Waals surface area contributed by atoms with Crippen LogP contribution in [0.25, 0.3) is 27.8 Å². The summed E-state index contributed by atoms with van der Waals surface area (Å²) in [5.74, 6) is -0.276. The normalized spacial score (nSPS) is 12.2. The van der Waals surface area contributed by atoms with Crippen molar-refractivity contribution in [3.8, 4) is 16.8 Å². The van der Waals surface area contributed by atoms with Crippen LogP contribution in [0, 0.1) is 5.82 Å². The van der Waals surface area contributed by atoms with E-state index in [2.05, 4.69) is 53.3 Å². The van der Waals surface area contributed by atoms with Crippen LogP contribution in [0.1, 0.15) is 17.7 Å². The Labute approximate surface area is 184 Å². The third kappa shape index (κ3) is 3.84. The van der Waals surface area contributed by atoms with Crippen molar-refractivity contribution >= 4 is 22.8 Å². The molecule has 0 amide bonds. The number of nitrogens with zero attached hydrogens (tertiary/aromatic N) is 3. The highest BCUT2D eigenvalue weighted by atomic mass is 32.2. The van der Waals surface area contributed by atoms with E-state index in [0.717, 1.165) is 32.9 Å². The van der Waals surface area contributed by atoms with Crippen LogP contribution < -0.4 is 0 Å². The lowest BCUT2D eigenvalue weighted by molar-refractivity contribution is 0.627. The summed E-state index contributed by atoms with van der Waals surface area (Å²) in [5, 5.41) is 2.11. The molecular weight excluding hydrogens is 405 g/mol. The van der Waals surface area contributed by atoms with E-state index < -0.39 is 0 Å². The van der Waals surface area contributed by atoms with E-state index in [1.807, 2.05) is 41.1 Å². The maximum Gasteiger partial charge on any atom is 0.149 e. The van der Waals surface area contributed by atoms with Gasteiger partial charge < -0.3 is 4.57 Å². The molecule has 0 radical (unpaired) electrons. The number of aromatic nitrogens is 3. The molecule has 3 nitrogen and oxygen atoms in total. The Hall–Kier alpha value is -3.44. The van der Waals surface area contributed by atoms with Gasteiger partial charge in [-0.1, -0.05) is 78.5 Å². The topological polar surface area (TPSA) is 30.7 Å². The van der Waals surface area contributed by atoms with Gasteiger partial charge in [-0.2, -0.15) is 0 Å². The second kappa shape index (κ2) is 8.36. The molecule has 5 rings (SSSR count). The molecule has 2 aromatic heterocycles. The Bertz CT molecular complexity index is 1330. The van der Waals surface area contributed by atoms with Crippen molar-refractivity contribution in [3.63, 3.8) is 0 Å². The molecule has 3 aromatic carbocycles. The first kappa shape index (κ1) is 19.5. The summed E-state index contributed by atoms with van der Waals surface area (Å²) < 4.78 is 15.9. The van der Waals surface area contributed by atoms with Gasteiger partial charge in [0.15, 0.2) is 0 Å². The molecule has 0 bridgehead atoms. The molecule has 2 heterocycles. The van der Waals surface area contributed by atoms with Gasteiger partial charge in [0.2, 0.25) is 0 Å². The number of fused-ring (bicyclic) bond motifs is 1. The first-order valence-corrected chi connectivity index (χ1v) is 11.0. The summed E-state index contributed by atoms with van der Waals surface area (Å²) in [7, 11) is 0. The fourth-order valence-electron chi connectivity index (χ4n) is 3.74. The average Bonchev–Trinajstić information content (AvgIpc) is 3.21. The Morgan fingerprint density at radius 2 is 1.61 bits per heavy atom. The van der Waals surface area contributed by atoms with Crippen LogP contribution in [-0.4, -0.2) is 14.5 Å². The molecule has 0 aliphatic rings. The van der Waals surface area contributed by atoms with E-state index >= 15 is 0 Å². The van der Waals surface area contributed by atoms with Gasteiger partial charge in [-0.05, 0) is 36.2 Å². The quantitative estimate of drug-likeness (QED) is 0.223. The van der Waals surface area contributed by atoms with Gasteiger partial charge in [0.05, 0.1) is 5.39 Å². The van der Waals surface area contributed by atoms with E-state index in [-0.39, 0.29) is 11.1 Å². The molecule has 0 spiro atoms. The smallest absolute Gasteiger partial charge is 0.149 e. The van der Waals surface area contributed by atoms with Gasteiger partial charge in [0.25, 0.3) is 0 Å². The summed E-state index contributed by atoms with van der Waals surface area (Å²) >= 11 is 1.71. The number of rotatable bonds is 5. The second-order valence-electron chi connectivity index (χ2n) is 7.31. The highest BCUT2D eigenvalue weighted by molar-refractivity contribution is 7.99. The van der Waals surface area contributed by atoms with Crippen LogP contribution in [-0.2, 0) is 0 Å². The summed E-state index contributed by atoms with van der Waals surface area (Å²) in [6, 6.07) is 27.2. The van der Waals surface area contributed by atoms with Gasteiger partial charge in [0.1, 0.15) is 22.8 Å². The summed E-state index contributed by atoms with van der Waals surface area (Å²) in [6.07, 6.45) is 3.62. The molecule has 0 saturated carbocycles. The summed E-state index contributed by atoms with van der Waals surface area (Å²) in [4.78, 5) is 9.24. The van der Waals surface area contributed by atoms with Gasteiger partial charge >= 0.3 is 0 Å². The molecule has 0 saturated heterocycles. The van der Waals surface area contributed by atoms with Crippen LogP contribution in [0.2, 0.25) is 0 Å². The first-order chi connectivity index (χ1) is 15.2. The van der Waals surface area contributed by atoms with Gasteiger partial charge in [-0.3, -0.25) is 0 Å². The van der Waals surface area contributed by atoms with Crippen molar-refractivity contribution in [1.82, 2.24) is 14.5 Å². The van der Waals surface area contributed by atoms with E-state index in [9.17, 15) is 4.39 Å². The Morgan fingerprint density at radius 1 is 0.871 bits per heavy atom. The first-order valence-electron chi connectivity index (χ1n) is 10.1. The van der Waals surface area contributed by atoms with Crippen molar-refractivity contribution in [3.05, 3.63) is 109 Å². The number of thioether (sulfide) groups is 1. The molecule has 0 aliphatic carbocycles. The highest BCUT2D eigenvalue weighted by Crippen LogP contribution is 2.41. The molecule has 0 aliphatic heterocycles. The van der Waals surface area contributed by atoms with Crippen molar-refractivity contribution in [2.24, 2.45) is 0 Å². The minimum absolute atomic E-state index is 0.223. The van der Waals surface area contributed by atoms with Crippen LogP contribution in [0.15, 0.2) is 102 Å². The van der Waals surface area contributed by atoms with Crippen LogP contribution in [0.3, 0.4) is 0 Å². The molecule has 5 aromatic rings. The third-order valence-corrected chi connectivity index (χ3v) is 6.44. The molecule has 0 fully saturated rings. The third-order valence-electron chi connectivity index (χ3n) is 5.28. The molecular formula is C26H20FN3S. The van der Waals surface area contributed by atoms with Crippen molar-refractivity contribution in [1.29, 1.82) is 0 Å². The maximum absolute atomic E-state index is 14.0. The standard InChI is InChI=1S/C26H20FN3S/c1-18(19-9-4-2-5-10-19)31-26-24-23(20-11-6-3-7-12-20)16-30(25(24)28-17-29-26)22-14-8-13-21(27)15-22/h2-18H,1H3/t18-/m0/s1. The van der Waals surface area contributed by atoms with Crippen LogP contribution >= 0.6 is 11.8 Å². The van der Waals surface area contributed by atoms with Crippen molar-refractivity contribution in [2.75, 3.05) is 0 Å². The summed E-state index contributed by atoms with van der Waals surface area (Å²) in [5.41, 5.74) is 4.85. The Balaban J connectivity index is 1.70. The zero-order chi connectivity index (χ0) is 21.2. The number of halogens is 1. The van der Waals surface area contributed by atoms with Gasteiger partial charge in [-0.15, -0.1) is 0 Å². The molecule has 1 atom stereocenters. The fraction of sp³-hybridized carbons (Fsp3) is 0.0769. The maximum atomic E-state index is 14.0. The SMILES string of the molecule is C[C@H](Sc1ncnc2c1c(-c1ccccc1)cn2-c1cccc(F)c1)c1ccccc1. The molecule has 31 heavy (non-hydrogen) atoms. The second-order valence-corrected chi connectivity index (χ2v) is 8.64. The van der Waals surface area contributed by atoms with E-state index in [1.54, 1.807) is 24.2 Å². The van der Waals surface area contributed by atoms with Crippen molar-refractivity contribution in [2.45, 2.75) is 17.2 Å². The largest absolute Gasteiger partial charge is 0.300 e. The van der Waals surface area contributed by atoms with E-state index in [0.29, 0.717) is 0 Å². The van der Waals surface area contributed by atoms with E-state index in [1.165, 1.54) is 17.7 Å².